The summed E-state index contributed by atoms with van der Waals surface area (Å²) in [6, 6.07) is 1.87. The van der Waals surface area contributed by atoms with E-state index in [4.69, 9.17) is 0 Å². The summed E-state index contributed by atoms with van der Waals surface area (Å²) in [6.07, 6.45) is 3.29. The molecule has 0 saturated heterocycles. The van der Waals surface area contributed by atoms with E-state index in [0.717, 1.165) is 12.2 Å². The molecule has 0 fully saturated rings. The Bertz CT molecular complexity index is 334. The third-order valence-electron chi connectivity index (χ3n) is 1.97. The second-order valence-corrected chi connectivity index (χ2v) is 3.29. The number of isocyanates is 1. The molecule has 13 heavy (non-hydrogen) atoms. The minimum atomic E-state index is -0.533. The van der Waals surface area contributed by atoms with Gasteiger partial charge in [-0.2, -0.15) is 10.1 Å². The van der Waals surface area contributed by atoms with E-state index in [0.29, 0.717) is 0 Å². The van der Waals surface area contributed by atoms with E-state index in [9.17, 15) is 4.79 Å². The molecule has 0 atom stereocenters. The summed E-state index contributed by atoms with van der Waals surface area (Å²) in [6.45, 7) is 6.50. The van der Waals surface area contributed by atoms with Gasteiger partial charge in [0.25, 0.3) is 0 Å². The summed E-state index contributed by atoms with van der Waals surface area (Å²) in [5.41, 5.74) is 0.396. The topological polar surface area (TPSA) is 47.2 Å². The molecule has 4 heteroatoms. The average Bonchev–Trinajstić information content (AvgIpc) is 2.51. The molecule has 0 N–H and O–H groups in total. The summed E-state index contributed by atoms with van der Waals surface area (Å²) in [7, 11) is 0. The Morgan fingerprint density at radius 2 is 2.38 bits per heavy atom. The van der Waals surface area contributed by atoms with Gasteiger partial charge in [-0.1, -0.05) is 0 Å². The van der Waals surface area contributed by atoms with Gasteiger partial charge in [0.2, 0.25) is 6.08 Å². The number of aliphatic imine (C=N–C) groups is 1. The van der Waals surface area contributed by atoms with Crippen molar-refractivity contribution in [2.75, 3.05) is 0 Å². The van der Waals surface area contributed by atoms with Crippen molar-refractivity contribution in [2.45, 2.75) is 32.9 Å². The lowest BCUT2D eigenvalue weighted by atomic mass is 10.0. The molecule has 1 rings (SSSR count). The van der Waals surface area contributed by atoms with Gasteiger partial charge in [-0.05, 0) is 26.8 Å². The smallest absolute Gasteiger partial charge is 0.235 e. The molecular formula is C9H13N3O. The molecule has 4 nitrogen and oxygen atoms in total. The third-order valence-corrected chi connectivity index (χ3v) is 1.97. The Hall–Kier alpha value is -1.41. The van der Waals surface area contributed by atoms with Crippen LogP contribution in [-0.4, -0.2) is 15.9 Å². The van der Waals surface area contributed by atoms with Crippen LogP contribution in [0.25, 0.3) is 0 Å². The molecule has 0 aliphatic carbocycles. The van der Waals surface area contributed by atoms with Crippen LogP contribution >= 0.6 is 0 Å². The van der Waals surface area contributed by atoms with Gasteiger partial charge in [0, 0.05) is 12.7 Å². The fourth-order valence-corrected chi connectivity index (χ4v) is 1.28. The second-order valence-electron chi connectivity index (χ2n) is 3.29. The first-order valence-corrected chi connectivity index (χ1v) is 4.23. The maximum absolute atomic E-state index is 10.2. The highest BCUT2D eigenvalue weighted by Crippen LogP contribution is 2.23. The van der Waals surface area contributed by atoms with Gasteiger partial charge in [-0.3, -0.25) is 4.68 Å². The van der Waals surface area contributed by atoms with Gasteiger partial charge in [-0.15, -0.1) is 0 Å². The first-order chi connectivity index (χ1) is 6.11. The van der Waals surface area contributed by atoms with Gasteiger partial charge < -0.3 is 0 Å². The zero-order chi connectivity index (χ0) is 9.90. The van der Waals surface area contributed by atoms with Gasteiger partial charge in [-0.25, -0.2) is 4.79 Å². The van der Waals surface area contributed by atoms with Crippen molar-refractivity contribution in [3.8, 4) is 0 Å². The van der Waals surface area contributed by atoms with Crippen molar-refractivity contribution in [3.05, 3.63) is 18.0 Å². The van der Waals surface area contributed by atoms with Crippen molar-refractivity contribution in [2.24, 2.45) is 4.99 Å². The van der Waals surface area contributed by atoms with Gasteiger partial charge in [0.1, 0.15) is 5.54 Å². The van der Waals surface area contributed by atoms with Crippen molar-refractivity contribution >= 4 is 6.08 Å². The lowest BCUT2D eigenvalue weighted by molar-refractivity contribution is 0.470. The van der Waals surface area contributed by atoms with Crippen molar-refractivity contribution in [1.29, 1.82) is 0 Å². The fourth-order valence-electron chi connectivity index (χ4n) is 1.28. The Labute approximate surface area is 77.3 Å². The normalized spacial score (nSPS) is 11.0. The SMILES string of the molecule is CCn1nccc1C(C)(C)N=C=O. The van der Waals surface area contributed by atoms with Crippen LogP contribution in [0.3, 0.4) is 0 Å². The van der Waals surface area contributed by atoms with Crippen molar-refractivity contribution in [3.63, 3.8) is 0 Å². The summed E-state index contributed by atoms with van der Waals surface area (Å²) in [5.74, 6) is 0. The number of carbonyl (C=O) groups excluding carboxylic acids is 1. The number of hydrogen-bond donors (Lipinski definition) is 0. The van der Waals surface area contributed by atoms with Crippen molar-refractivity contribution in [1.82, 2.24) is 9.78 Å². The molecule has 0 radical (unpaired) electrons. The maximum atomic E-state index is 10.2. The molecule has 0 aliphatic rings. The quantitative estimate of drug-likeness (QED) is 0.521. The summed E-state index contributed by atoms with van der Waals surface area (Å²) < 4.78 is 1.82. The monoisotopic (exact) mass is 179 g/mol. The van der Waals surface area contributed by atoms with Crippen LogP contribution in [0.5, 0.6) is 0 Å². The molecule has 1 aromatic rings. The molecular weight excluding hydrogens is 166 g/mol. The number of rotatable bonds is 3. The third kappa shape index (κ3) is 1.84. The largest absolute Gasteiger partial charge is 0.267 e. The van der Waals surface area contributed by atoms with E-state index in [1.54, 1.807) is 12.3 Å². The molecule has 0 unspecified atom stereocenters. The lowest BCUT2D eigenvalue weighted by Gasteiger charge is -2.18. The zero-order valence-electron chi connectivity index (χ0n) is 8.11. The number of aromatic nitrogens is 2. The fraction of sp³-hybridized carbons (Fsp3) is 0.556. The Balaban J connectivity index is 3.12. The molecule has 1 heterocycles. The number of aryl methyl sites for hydroxylation is 1. The molecule has 0 aliphatic heterocycles. The van der Waals surface area contributed by atoms with Crippen LogP contribution in [0.2, 0.25) is 0 Å². The standard InChI is InChI=1S/C9H13N3O/c1-4-12-8(5-6-11-12)9(2,3)10-7-13/h5-6H,4H2,1-3H3. The predicted octanol–water partition coefficient (Wildman–Crippen LogP) is 1.47. The van der Waals surface area contributed by atoms with Crippen LogP contribution in [0.4, 0.5) is 0 Å². The van der Waals surface area contributed by atoms with Crippen LogP contribution in [-0.2, 0) is 16.9 Å². The van der Waals surface area contributed by atoms with Gasteiger partial charge in [0.15, 0.2) is 0 Å². The van der Waals surface area contributed by atoms with Crippen LogP contribution in [0, 0.1) is 0 Å². The van der Waals surface area contributed by atoms with Crippen molar-refractivity contribution < 1.29 is 4.79 Å². The average molecular weight is 179 g/mol. The second kappa shape index (κ2) is 3.54. The number of hydrogen-bond acceptors (Lipinski definition) is 3. The molecule has 70 valence electrons. The number of nitrogens with zero attached hydrogens (tertiary/aromatic N) is 3. The zero-order valence-corrected chi connectivity index (χ0v) is 8.11. The van der Waals surface area contributed by atoms with E-state index >= 15 is 0 Å². The predicted molar refractivity (Wildman–Crippen MR) is 49.0 cm³/mol. The summed E-state index contributed by atoms with van der Waals surface area (Å²) in [4.78, 5) is 13.9. The van der Waals surface area contributed by atoms with E-state index in [1.807, 2.05) is 31.5 Å². The van der Waals surface area contributed by atoms with E-state index in [2.05, 4.69) is 10.1 Å². The first-order valence-electron chi connectivity index (χ1n) is 4.23. The van der Waals surface area contributed by atoms with E-state index in [1.165, 1.54) is 0 Å². The Morgan fingerprint density at radius 1 is 1.69 bits per heavy atom. The van der Waals surface area contributed by atoms with E-state index in [-0.39, 0.29) is 0 Å². The highest BCUT2D eigenvalue weighted by Gasteiger charge is 2.23. The van der Waals surface area contributed by atoms with E-state index < -0.39 is 5.54 Å². The molecule has 0 saturated carbocycles. The molecule has 1 aromatic heterocycles. The first kappa shape index (κ1) is 9.68. The lowest BCUT2D eigenvalue weighted by Crippen LogP contribution is -2.19. The van der Waals surface area contributed by atoms with Crippen LogP contribution < -0.4 is 0 Å². The minimum Gasteiger partial charge on any atom is -0.267 e. The molecule has 0 bridgehead atoms. The van der Waals surface area contributed by atoms with Gasteiger partial charge in [0.05, 0.1) is 5.69 Å². The summed E-state index contributed by atoms with van der Waals surface area (Å²) >= 11 is 0. The summed E-state index contributed by atoms with van der Waals surface area (Å²) in [5, 5.41) is 4.11. The molecule has 0 aromatic carbocycles. The highest BCUT2D eigenvalue weighted by molar-refractivity contribution is 5.36. The highest BCUT2D eigenvalue weighted by atomic mass is 16.1. The minimum absolute atomic E-state index is 0.533. The Morgan fingerprint density at radius 3 is 2.92 bits per heavy atom. The maximum Gasteiger partial charge on any atom is 0.235 e. The Kier molecular flexibility index (Phi) is 2.63. The van der Waals surface area contributed by atoms with Gasteiger partial charge >= 0.3 is 0 Å². The van der Waals surface area contributed by atoms with Crippen LogP contribution in [0.1, 0.15) is 26.5 Å². The van der Waals surface area contributed by atoms with Crippen LogP contribution in [0.15, 0.2) is 17.3 Å². The molecule has 0 amide bonds. The molecule has 0 spiro atoms.